The Kier molecular flexibility index (Phi) is 4.33. The number of nitrogens with two attached hydrogens (primary N) is 1. The van der Waals surface area contributed by atoms with Gasteiger partial charge in [-0.3, -0.25) is 0 Å². The maximum Gasteiger partial charge on any atom is 0.125 e. The maximum absolute atomic E-state index is 6.37. The first kappa shape index (κ1) is 14.4. The fraction of sp³-hybridized carbons (Fsp3) is 0.250. The van der Waals surface area contributed by atoms with Crippen molar-refractivity contribution in [1.82, 2.24) is 0 Å². The second-order valence-corrected chi connectivity index (χ2v) is 7.18. The van der Waals surface area contributed by atoms with Gasteiger partial charge in [0.05, 0.1) is 6.61 Å². The van der Waals surface area contributed by atoms with E-state index in [1.54, 1.807) is 0 Å². The highest BCUT2D eigenvalue weighted by Crippen LogP contribution is 2.35. The average molecular weight is 444 g/mol. The van der Waals surface area contributed by atoms with E-state index in [-0.39, 0.29) is 6.04 Å². The van der Waals surface area contributed by atoms with Crippen LogP contribution in [0, 0.1) is 3.57 Å². The zero-order chi connectivity index (χ0) is 14.1. The lowest BCUT2D eigenvalue weighted by Crippen LogP contribution is -2.14. The lowest BCUT2D eigenvalue weighted by molar-refractivity contribution is 0.352. The average Bonchev–Trinajstić information content (AvgIpc) is 2.86. The Hall–Kier alpha value is -0.590. The summed E-state index contributed by atoms with van der Waals surface area (Å²) in [6.45, 7) is 0.775. The Morgan fingerprint density at radius 1 is 1.30 bits per heavy atom. The molecule has 2 aromatic carbocycles. The van der Waals surface area contributed by atoms with E-state index in [0.717, 1.165) is 29.7 Å². The van der Waals surface area contributed by atoms with Gasteiger partial charge in [-0.05, 0) is 70.0 Å². The molecule has 2 aromatic rings. The SMILES string of the molecule is NC(Cc1cc(Br)cc2c1OCC2)c1cccc(I)c1. The minimum Gasteiger partial charge on any atom is -0.493 e. The van der Waals surface area contributed by atoms with Gasteiger partial charge in [0.1, 0.15) is 5.75 Å². The molecule has 2 N–H and O–H groups in total. The van der Waals surface area contributed by atoms with Gasteiger partial charge in [-0.1, -0.05) is 28.1 Å². The number of benzene rings is 2. The Morgan fingerprint density at radius 2 is 2.15 bits per heavy atom. The molecule has 0 saturated carbocycles. The molecule has 0 fully saturated rings. The molecule has 0 spiro atoms. The molecule has 1 aliphatic heterocycles. The molecule has 104 valence electrons. The van der Waals surface area contributed by atoms with Crippen molar-refractivity contribution in [1.29, 1.82) is 0 Å². The summed E-state index contributed by atoms with van der Waals surface area (Å²) in [5, 5.41) is 0. The highest BCUT2D eigenvalue weighted by Gasteiger charge is 2.19. The molecule has 3 rings (SSSR count). The predicted octanol–water partition coefficient (Wildman–Crippen LogP) is 4.23. The number of ether oxygens (including phenoxy) is 1. The molecule has 0 radical (unpaired) electrons. The normalized spacial score (nSPS) is 14.8. The molecule has 0 saturated heterocycles. The second-order valence-electron chi connectivity index (χ2n) is 5.02. The van der Waals surface area contributed by atoms with Crippen LogP contribution in [-0.2, 0) is 12.8 Å². The first-order valence-corrected chi connectivity index (χ1v) is 8.46. The van der Waals surface area contributed by atoms with Crippen molar-refractivity contribution in [2.45, 2.75) is 18.9 Å². The molecule has 4 heteroatoms. The van der Waals surface area contributed by atoms with E-state index in [9.17, 15) is 0 Å². The Bertz CT molecular complexity index is 644. The number of halogens is 2. The van der Waals surface area contributed by atoms with Crippen molar-refractivity contribution in [2.75, 3.05) is 6.61 Å². The van der Waals surface area contributed by atoms with Gasteiger partial charge in [0, 0.05) is 20.5 Å². The Balaban J connectivity index is 1.88. The molecule has 0 bridgehead atoms. The topological polar surface area (TPSA) is 35.2 Å². The quantitative estimate of drug-likeness (QED) is 0.720. The van der Waals surface area contributed by atoms with Gasteiger partial charge < -0.3 is 10.5 Å². The van der Waals surface area contributed by atoms with Crippen LogP contribution in [0.3, 0.4) is 0 Å². The van der Waals surface area contributed by atoms with Crippen molar-refractivity contribution >= 4 is 38.5 Å². The van der Waals surface area contributed by atoms with Gasteiger partial charge in [0.2, 0.25) is 0 Å². The summed E-state index contributed by atoms with van der Waals surface area (Å²) in [4.78, 5) is 0. The van der Waals surface area contributed by atoms with Gasteiger partial charge in [-0.25, -0.2) is 0 Å². The van der Waals surface area contributed by atoms with Crippen LogP contribution in [0.2, 0.25) is 0 Å². The molecule has 0 amide bonds. The first-order chi connectivity index (χ1) is 9.63. The summed E-state index contributed by atoms with van der Waals surface area (Å²) in [7, 11) is 0. The monoisotopic (exact) mass is 443 g/mol. The van der Waals surface area contributed by atoms with E-state index in [1.165, 1.54) is 20.3 Å². The van der Waals surface area contributed by atoms with Crippen LogP contribution in [0.25, 0.3) is 0 Å². The zero-order valence-electron chi connectivity index (χ0n) is 10.9. The van der Waals surface area contributed by atoms with Crippen LogP contribution in [-0.4, -0.2) is 6.61 Å². The fourth-order valence-electron chi connectivity index (χ4n) is 2.59. The lowest BCUT2D eigenvalue weighted by Gasteiger charge is -2.15. The zero-order valence-corrected chi connectivity index (χ0v) is 14.6. The van der Waals surface area contributed by atoms with Crippen LogP contribution < -0.4 is 10.5 Å². The van der Waals surface area contributed by atoms with E-state index in [1.807, 2.05) is 0 Å². The third kappa shape index (κ3) is 3.02. The molecule has 2 nitrogen and oxygen atoms in total. The first-order valence-electron chi connectivity index (χ1n) is 6.58. The highest BCUT2D eigenvalue weighted by atomic mass is 127. The minimum atomic E-state index is -0.00711. The molecule has 20 heavy (non-hydrogen) atoms. The van der Waals surface area contributed by atoms with Crippen LogP contribution in [0.1, 0.15) is 22.7 Å². The molecular weight excluding hydrogens is 429 g/mol. The van der Waals surface area contributed by atoms with Gasteiger partial charge in [-0.2, -0.15) is 0 Å². The standard InChI is InChI=1S/C16H15BrINO/c17-13-6-11-4-5-20-16(11)12(7-13)9-15(19)10-2-1-3-14(18)8-10/h1-3,6-8,15H,4-5,9,19H2. The molecule has 1 unspecified atom stereocenters. The largest absolute Gasteiger partial charge is 0.493 e. The molecule has 0 aliphatic carbocycles. The van der Waals surface area contributed by atoms with Crippen LogP contribution in [0.4, 0.5) is 0 Å². The molecule has 1 heterocycles. The number of fused-ring (bicyclic) bond motifs is 1. The van der Waals surface area contributed by atoms with Crippen molar-refractivity contribution in [3.63, 3.8) is 0 Å². The molecule has 1 atom stereocenters. The predicted molar refractivity (Wildman–Crippen MR) is 93.1 cm³/mol. The van der Waals surface area contributed by atoms with E-state index < -0.39 is 0 Å². The summed E-state index contributed by atoms with van der Waals surface area (Å²) in [5.41, 5.74) is 10.0. The van der Waals surface area contributed by atoms with Crippen molar-refractivity contribution < 1.29 is 4.74 Å². The number of hydrogen-bond acceptors (Lipinski definition) is 2. The van der Waals surface area contributed by atoms with Gasteiger partial charge >= 0.3 is 0 Å². The molecule has 0 aromatic heterocycles. The number of hydrogen-bond donors (Lipinski definition) is 1. The molecular formula is C16H15BrINO. The Labute approximate surface area is 141 Å². The van der Waals surface area contributed by atoms with Crippen LogP contribution >= 0.6 is 38.5 Å². The second kappa shape index (κ2) is 6.03. The van der Waals surface area contributed by atoms with Crippen molar-refractivity contribution in [3.05, 3.63) is 61.1 Å². The smallest absolute Gasteiger partial charge is 0.125 e. The van der Waals surface area contributed by atoms with E-state index in [2.05, 4.69) is 74.9 Å². The van der Waals surface area contributed by atoms with Gasteiger partial charge in [-0.15, -0.1) is 0 Å². The van der Waals surface area contributed by atoms with E-state index >= 15 is 0 Å². The molecule has 1 aliphatic rings. The third-order valence-corrected chi connectivity index (χ3v) is 4.67. The summed E-state index contributed by atoms with van der Waals surface area (Å²) < 4.78 is 8.08. The van der Waals surface area contributed by atoms with Crippen molar-refractivity contribution in [3.8, 4) is 5.75 Å². The summed E-state index contributed by atoms with van der Waals surface area (Å²) in [6.07, 6.45) is 1.78. The van der Waals surface area contributed by atoms with E-state index in [0.29, 0.717) is 0 Å². The maximum atomic E-state index is 6.37. The summed E-state index contributed by atoms with van der Waals surface area (Å²) >= 11 is 5.89. The van der Waals surface area contributed by atoms with Crippen LogP contribution in [0.15, 0.2) is 40.9 Å². The van der Waals surface area contributed by atoms with Gasteiger partial charge in [0.15, 0.2) is 0 Å². The summed E-state index contributed by atoms with van der Waals surface area (Å²) in [6, 6.07) is 12.6. The Morgan fingerprint density at radius 3 is 2.95 bits per heavy atom. The number of rotatable bonds is 3. The third-order valence-electron chi connectivity index (χ3n) is 3.54. The van der Waals surface area contributed by atoms with E-state index in [4.69, 9.17) is 10.5 Å². The highest BCUT2D eigenvalue weighted by molar-refractivity contribution is 14.1. The van der Waals surface area contributed by atoms with Gasteiger partial charge in [0.25, 0.3) is 0 Å². The van der Waals surface area contributed by atoms with Crippen LogP contribution in [0.5, 0.6) is 5.75 Å². The fourth-order valence-corrected chi connectivity index (χ4v) is 3.71. The minimum absolute atomic E-state index is 0.00711. The summed E-state index contributed by atoms with van der Waals surface area (Å²) in [5.74, 6) is 1.04. The van der Waals surface area contributed by atoms with Crippen molar-refractivity contribution in [2.24, 2.45) is 5.73 Å². The lowest BCUT2D eigenvalue weighted by atomic mass is 9.97.